The molecule has 1 aromatic rings. The van der Waals surface area contributed by atoms with E-state index in [0.717, 1.165) is 12.8 Å². The molecule has 1 amide bonds. The minimum Gasteiger partial charge on any atom is -0.352 e. The Hall–Kier alpha value is -1.11. The second kappa shape index (κ2) is 6.36. The van der Waals surface area contributed by atoms with E-state index >= 15 is 0 Å². The van der Waals surface area contributed by atoms with Gasteiger partial charge >= 0.3 is 0 Å². The fourth-order valence-corrected chi connectivity index (χ4v) is 2.77. The van der Waals surface area contributed by atoms with E-state index in [1.165, 1.54) is 19.1 Å². The van der Waals surface area contributed by atoms with Crippen molar-refractivity contribution in [2.45, 2.75) is 31.6 Å². The van der Waals surface area contributed by atoms with Crippen LogP contribution in [0, 0.1) is 6.92 Å². The fourth-order valence-electron chi connectivity index (χ4n) is 1.66. The molecular formula is C12H17ClN2O3S. The standard InChI is InChI=1S/C12H17ClN2O3S/c1-3-4-5-15-12(16)10-6-9(13)7-11(8(10)2)19(14,17)18/h6-7H,3-5H2,1-2H3,(H,15,16)(H2,14,17,18). The summed E-state index contributed by atoms with van der Waals surface area (Å²) in [7, 11) is -3.90. The normalized spacial score (nSPS) is 11.4. The van der Waals surface area contributed by atoms with Crippen LogP contribution in [0.15, 0.2) is 17.0 Å². The summed E-state index contributed by atoms with van der Waals surface area (Å²) in [5.74, 6) is -0.349. The van der Waals surface area contributed by atoms with E-state index in [0.29, 0.717) is 12.1 Å². The van der Waals surface area contributed by atoms with Crippen LogP contribution < -0.4 is 10.5 Å². The van der Waals surface area contributed by atoms with Gasteiger partial charge in [-0.15, -0.1) is 0 Å². The number of nitrogens with two attached hydrogens (primary N) is 1. The van der Waals surface area contributed by atoms with Crippen LogP contribution in [0.3, 0.4) is 0 Å². The Labute approximate surface area is 118 Å². The highest BCUT2D eigenvalue weighted by Crippen LogP contribution is 2.23. The molecular weight excluding hydrogens is 288 g/mol. The third kappa shape index (κ3) is 4.19. The molecule has 19 heavy (non-hydrogen) atoms. The molecule has 0 radical (unpaired) electrons. The summed E-state index contributed by atoms with van der Waals surface area (Å²) in [4.78, 5) is 11.8. The number of unbranched alkanes of at least 4 members (excludes halogenated alkanes) is 1. The molecule has 0 aliphatic carbocycles. The topological polar surface area (TPSA) is 89.3 Å². The van der Waals surface area contributed by atoms with E-state index < -0.39 is 10.0 Å². The first kappa shape index (κ1) is 15.9. The van der Waals surface area contributed by atoms with Crippen LogP contribution in [0.25, 0.3) is 0 Å². The number of rotatable bonds is 5. The Morgan fingerprint density at radius 2 is 2.05 bits per heavy atom. The third-order valence-corrected chi connectivity index (χ3v) is 3.95. The highest BCUT2D eigenvalue weighted by molar-refractivity contribution is 7.89. The van der Waals surface area contributed by atoms with Crippen molar-refractivity contribution >= 4 is 27.5 Å². The van der Waals surface area contributed by atoms with Crippen LogP contribution in [0.5, 0.6) is 0 Å². The zero-order chi connectivity index (χ0) is 14.6. The van der Waals surface area contributed by atoms with Gasteiger partial charge in [-0.2, -0.15) is 0 Å². The summed E-state index contributed by atoms with van der Waals surface area (Å²) in [5, 5.41) is 7.97. The van der Waals surface area contributed by atoms with Gasteiger partial charge in [0.2, 0.25) is 10.0 Å². The lowest BCUT2D eigenvalue weighted by molar-refractivity contribution is 0.0952. The average Bonchev–Trinajstić information content (AvgIpc) is 2.30. The second-order valence-electron chi connectivity index (χ2n) is 4.23. The monoisotopic (exact) mass is 304 g/mol. The molecule has 3 N–H and O–H groups in total. The summed E-state index contributed by atoms with van der Waals surface area (Å²) >= 11 is 5.83. The lowest BCUT2D eigenvalue weighted by atomic mass is 10.1. The zero-order valence-electron chi connectivity index (χ0n) is 10.9. The summed E-state index contributed by atoms with van der Waals surface area (Å²) in [6.45, 7) is 4.08. The van der Waals surface area contributed by atoms with Crippen molar-refractivity contribution in [3.05, 3.63) is 28.3 Å². The number of halogens is 1. The number of sulfonamides is 1. The number of hydrogen-bond acceptors (Lipinski definition) is 3. The minimum absolute atomic E-state index is 0.124. The first-order chi connectivity index (χ1) is 8.77. The fraction of sp³-hybridized carbons (Fsp3) is 0.417. The summed E-state index contributed by atoms with van der Waals surface area (Å²) < 4.78 is 22.9. The van der Waals surface area contributed by atoms with Crippen molar-refractivity contribution in [3.8, 4) is 0 Å². The molecule has 0 atom stereocenters. The first-order valence-corrected chi connectivity index (χ1v) is 7.81. The highest BCUT2D eigenvalue weighted by atomic mass is 35.5. The Balaban J connectivity index is 3.15. The Morgan fingerprint density at radius 3 is 2.58 bits per heavy atom. The minimum atomic E-state index is -3.90. The molecule has 7 heteroatoms. The van der Waals surface area contributed by atoms with Crippen LogP contribution in [-0.4, -0.2) is 20.9 Å². The molecule has 0 aliphatic rings. The van der Waals surface area contributed by atoms with Crippen molar-refractivity contribution < 1.29 is 13.2 Å². The Bertz CT molecular complexity index is 585. The van der Waals surface area contributed by atoms with Gasteiger partial charge in [-0.1, -0.05) is 24.9 Å². The Morgan fingerprint density at radius 1 is 1.42 bits per heavy atom. The molecule has 106 valence electrons. The summed E-state index contributed by atoms with van der Waals surface area (Å²) in [6, 6.07) is 2.68. The first-order valence-electron chi connectivity index (χ1n) is 5.88. The van der Waals surface area contributed by atoms with E-state index in [1.807, 2.05) is 6.92 Å². The lowest BCUT2D eigenvalue weighted by Crippen LogP contribution is -2.26. The number of benzene rings is 1. The summed E-state index contributed by atoms with van der Waals surface area (Å²) in [5.41, 5.74) is 0.536. The number of hydrogen-bond donors (Lipinski definition) is 2. The number of amides is 1. The maximum absolute atomic E-state index is 12.0. The van der Waals surface area contributed by atoms with Gasteiger partial charge in [0.1, 0.15) is 0 Å². The molecule has 1 rings (SSSR count). The van der Waals surface area contributed by atoms with Gasteiger partial charge in [0, 0.05) is 17.1 Å². The smallest absolute Gasteiger partial charge is 0.251 e. The van der Waals surface area contributed by atoms with Crippen LogP contribution in [-0.2, 0) is 10.0 Å². The molecule has 1 aromatic carbocycles. The van der Waals surface area contributed by atoms with Crippen molar-refractivity contribution in [1.82, 2.24) is 5.32 Å². The maximum atomic E-state index is 12.0. The van der Waals surface area contributed by atoms with Crippen molar-refractivity contribution in [3.63, 3.8) is 0 Å². The number of nitrogens with one attached hydrogen (secondary N) is 1. The number of carbonyl (C=O) groups is 1. The van der Waals surface area contributed by atoms with Gasteiger partial charge in [0.05, 0.1) is 4.90 Å². The van der Waals surface area contributed by atoms with Crippen molar-refractivity contribution in [2.24, 2.45) is 5.14 Å². The molecule has 5 nitrogen and oxygen atoms in total. The molecule has 0 spiro atoms. The molecule has 0 saturated heterocycles. The van der Waals surface area contributed by atoms with Gasteiger partial charge in [-0.3, -0.25) is 4.79 Å². The molecule has 0 unspecified atom stereocenters. The van der Waals surface area contributed by atoms with E-state index in [1.54, 1.807) is 0 Å². The summed E-state index contributed by atoms with van der Waals surface area (Å²) in [6.07, 6.45) is 1.81. The largest absolute Gasteiger partial charge is 0.352 e. The van der Waals surface area contributed by atoms with E-state index in [-0.39, 0.29) is 21.4 Å². The van der Waals surface area contributed by atoms with Crippen LogP contribution in [0.2, 0.25) is 5.02 Å². The van der Waals surface area contributed by atoms with Gasteiger partial charge in [0.15, 0.2) is 0 Å². The van der Waals surface area contributed by atoms with Gasteiger partial charge < -0.3 is 5.32 Å². The Kier molecular flexibility index (Phi) is 5.34. The lowest BCUT2D eigenvalue weighted by Gasteiger charge is -2.11. The zero-order valence-corrected chi connectivity index (χ0v) is 12.4. The molecule has 0 aromatic heterocycles. The van der Waals surface area contributed by atoms with Gasteiger partial charge in [-0.05, 0) is 31.0 Å². The average molecular weight is 305 g/mol. The second-order valence-corrected chi connectivity index (χ2v) is 6.20. The molecule has 0 heterocycles. The van der Waals surface area contributed by atoms with E-state index in [9.17, 15) is 13.2 Å². The number of primary sulfonamides is 1. The third-order valence-electron chi connectivity index (χ3n) is 2.69. The van der Waals surface area contributed by atoms with Crippen molar-refractivity contribution in [1.29, 1.82) is 0 Å². The predicted octanol–water partition coefficient (Wildman–Crippen LogP) is 1.83. The predicted molar refractivity (Wildman–Crippen MR) is 74.8 cm³/mol. The molecule has 0 aliphatic heterocycles. The van der Waals surface area contributed by atoms with Gasteiger partial charge in [0.25, 0.3) is 5.91 Å². The van der Waals surface area contributed by atoms with Gasteiger partial charge in [-0.25, -0.2) is 13.6 Å². The molecule has 0 saturated carbocycles. The van der Waals surface area contributed by atoms with Crippen LogP contribution in [0.4, 0.5) is 0 Å². The van der Waals surface area contributed by atoms with Crippen LogP contribution in [0.1, 0.15) is 35.7 Å². The molecule has 0 bridgehead atoms. The van der Waals surface area contributed by atoms with E-state index in [2.05, 4.69) is 5.32 Å². The van der Waals surface area contributed by atoms with Crippen LogP contribution >= 0.6 is 11.6 Å². The van der Waals surface area contributed by atoms with Crippen molar-refractivity contribution in [2.75, 3.05) is 6.54 Å². The van der Waals surface area contributed by atoms with E-state index in [4.69, 9.17) is 16.7 Å². The number of carbonyl (C=O) groups excluding carboxylic acids is 1. The maximum Gasteiger partial charge on any atom is 0.251 e. The quantitative estimate of drug-likeness (QED) is 0.813. The highest BCUT2D eigenvalue weighted by Gasteiger charge is 2.19. The SMILES string of the molecule is CCCCNC(=O)c1cc(Cl)cc(S(N)(=O)=O)c1C. The molecule has 0 fully saturated rings.